The minimum Gasteiger partial charge on any atom is -0.490 e. The van der Waals surface area contributed by atoms with Crippen molar-refractivity contribution in [2.24, 2.45) is 0 Å². The van der Waals surface area contributed by atoms with Gasteiger partial charge in [0.2, 0.25) is 0 Å². The third kappa shape index (κ3) is 5.03. The van der Waals surface area contributed by atoms with E-state index in [0.29, 0.717) is 18.6 Å². The SMILES string of the molecule is CCCCC(O)c1ccc(OC(F)F)c(OCC)c1. The van der Waals surface area contributed by atoms with Crippen molar-refractivity contribution in [3.8, 4) is 11.5 Å². The van der Waals surface area contributed by atoms with Gasteiger partial charge in [-0.05, 0) is 31.0 Å². The number of alkyl halides is 2. The molecule has 0 radical (unpaired) electrons. The molecule has 5 heteroatoms. The predicted molar refractivity (Wildman–Crippen MR) is 68.7 cm³/mol. The lowest BCUT2D eigenvalue weighted by Gasteiger charge is -2.15. The molecule has 19 heavy (non-hydrogen) atoms. The van der Waals surface area contributed by atoms with E-state index in [-0.39, 0.29) is 11.5 Å². The average Bonchev–Trinajstić information content (AvgIpc) is 2.37. The van der Waals surface area contributed by atoms with Gasteiger partial charge in [-0.25, -0.2) is 0 Å². The van der Waals surface area contributed by atoms with Crippen LogP contribution in [0, 0.1) is 0 Å². The number of hydrogen-bond donors (Lipinski definition) is 1. The maximum absolute atomic E-state index is 12.2. The molecule has 0 aromatic heterocycles. The van der Waals surface area contributed by atoms with Crippen molar-refractivity contribution in [2.75, 3.05) is 6.61 Å². The van der Waals surface area contributed by atoms with Crippen LogP contribution in [0.25, 0.3) is 0 Å². The first-order valence-corrected chi connectivity index (χ1v) is 6.48. The number of ether oxygens (including phenoxy) is 2. The lowest BCUT2D eigenvalue weighted by Crippen LogP contribution is -2.06. The van der Waals surface area contributed by atoms with Crippen LogP contribution in [0.4, 0.5) is 8.78 Å². The largest absolute Gasteiger partial charge is 0.490 e. The molecule has 0 spiro atoms. The Hall–Kier alpha value is -1.36. The van der Waals surface area contributed by atoms with Gasteiger partial charge in [-0.15, -0.1) is 0 Å². The third-order valence-corrected chi connectivity index (χ3v) is 2.70. The number of halogens is 2. The molecule has 0 aliphatic rings. The molecule has 0 aliphatic heterocycles. The van der Waals surface area contributed by atoms with Gasteiger partial charge in [0.25, 0.3) is 0 Å². The Morgan fingerprint density at radius 1 is 1.21 bits per heavy atom. The molecule has 0 aliphatic carbocycles. The van der Waals surface area contributed by atoms with E-state index in [9.17, 15) is 13.9 Å². The van der Waals surface area contributed by atoms with Crippen LogP contribution in [0.3, 0.4) is 0 Å². The molecule has 3 nitrogen and oxygen atoms in total. The molecule has 108 valence electrons. The van der Waals surface area contributed by atoms with E-state index in [1.807, 2.05) is 6.92 Å². The number of hydrogen-bond acceptors (Lipinski definition) is 3. The Balaban J connectivity index is 2.88. The van der Waals surface area contributed by atoms with Crippen LogP contribution >= 0.6 is 0 Å². The van der Waals surface area contributed by atoms with Crippen LogP contribution in [-0.4, -0.2) is 18.3 Å². The average molecular weight is 274 g/mol. The van der Waals surface area contributed by atoms with E-state index >= 15 is 0 Å². The number of rotatable bonds is 8. The fraction of sp³-hybridized carbons (Fsp3) is 0.571. The zero-order chi connectivity index (χ0) is 14.3. The molecule has 0 bridgehead atoms. The van der Waals surface area contributed by atoms with Gasteiger partial charge in [-0.1, -0.05) is 25.8 Å². The fourth-order valence-corrected chi connectivity index (χ4v) is 1.76. The molecule has 1 atom stereocenters. The highest BCUT2D eigenvalue weighted by Gasteiger charge is 2.14. The van der Waals surface area contributed by atoms with Crippen LogP contribution in [0.2, 0.25) is 0 Å². The smallest absolute Gasteiger partial charge is 0.387 e. The molecule has 1 aromatic rings. The third-order valence-electron chi connectivity index (χ3n) is 2.70. The second-order valence-corrected chi connectivity index (χ2v) is 4.18. The molecule has 0 saturated carbocycles. The summed E-state index contributed by atoms with van der Waals surface area (Å²) in [4.78, 5) is 0. The minimum atomic E-state index is -2.89. The summed E-state index contributed by atoms with van der Waals surface area (Å²) in [7, 11) is 0. The summed E-state index contributed by atoms with van der Waals surface area (Å²) in [6, 6.07) is 4.55. The van der Waals surface area contributed by atoms with Crippen molar-refractivity contribution in [2.45, 2.75) is 45.8 Å². The van der Waals surface area contributed by atoms with Gasteiger partial charge in [-0.3, -0.25) is 0 Å². The lowest BCUT2D eigenvalue weighted by molar-refractivity contribution is -0.0514. The number of aliphatic hydroxyl groups excluding tert-OH is 1. The first-order chi connectivity index (χ1) is 9.08. The Morgan fingerprint density at radius 3 is 2.53 bits per heavy atom. The van der Waals surface area contributed by atoms with Crippen molar-refractivity contribution in [1.82, 2.24) is 0 Å². The van der Waals surface area contributed by atoms with Crippen LogP contribution < -0.4 is 9.47 Å². The topological polar surface area (TPSA) is 38.7 Å². The van der Waals surface area contributed by atoms with E-state index < -0.39 is 12.7 Å². The second-order valence-electron chi connectivity index (χ2n) is 4.18. The van der Waals surface area contributed by atoms with Crippen LogP contribution in [-0.2, 0) is 0 Å². The first-order valence-electron chi connectivity index (χ1n) is 6.48. The van der Waals surface area contributed by atoms with Gasteiger partial charge < -0.3 is 14.6 Å². The number of unbranched alkanes of at least 4 members (excludes halogenated alkanes) is 1. The van der Waals surface area contributed by atoms with Crippen molar-refractivity contribution < 1.29 is 23.4 Å². The number of aliphatic hydroxyl groups is 1. The zero-order valence-electron chi connectivity index (χ0n) is 11.2. The van der Waals surface area contributed by atoms with Crippen molar-refractivity contribution >= 4 is 0 Å². The first kappa shape index (κ1) is 15.7. The van der Waals surface area contributed by atoms with Crippen LogP contribution in [0.15, 0.2) is 18.2 Å². The molecule has 0 heterocycles. The summed E-state index contributed by atoms with van der Waals surface area (Å²) >= 11 is 0. The number of benzene rings is 1. The molecule has 1 aromatic carbocycles. The van der Waals surface area contributed by atoms with Gasteiger partial charge in [-0.2, -0.15) is 8.78 Å². The molecular weight excluding hydrogens is 254 g/mol. The molecular formula is C14H20F2O3. The quantitative estimate of drug-likeness (QED) is 0.781. The fourth-order valence-electron chi connectivity index (χ4n) is 1.76. The van der Waals surface area contributed by atoms with E-state index in [1.165, 1.54) is 6.07 Å². The van der Waals surface area contributed by atoms with Crippen molar-refractivity contribution in [1.29, 1.82) is 0 Å². The summed E-state index contributed by atoms with van der Waals surface area (Å²) in [6.07, 6.45) is 1.92. The summed E-state index contributed by atoms with van der Waals surface area (Å²) in [6.45, 7) is 1.24. The summed E-state index contributed by atoms with van der Waals surface area (Å²) in [5, 5.41) is 9.97. The van der Waals surface area contributed by atoms with Crippen molar-refractivity contribution in [3.63, 3.8) is 0 Å². The Kier molecular flexibility index (Phi) is 6.56. The summed E-state index contributed by atoms with van der Waals surface area (Å²) in [5.41, 5.74) is 0.651. The van der Waals surface area contributed by atoms with E-state index in [2.05, 4.69) is 4.74 Å². The van der Waals surface area contributed by atoms with Crippen LogP contribution in [0.5, 0.6) is 11.5 Å². The Morgan fingerprint density at radius 2 is 1.95 bits per heavy atom. The van der Waals surface area contributed by atoms with Gasteiger partial charge in [0.05, 0.1) is 12.7 Å². The monoisotopic (exact) mass is 274 g/mol. The Bertz CT molecular complexity index is 383. The standard InChI is InChI=1S/C14H20F2O3/c1-3-5-6-11(17)10-7-8-12(19-14(15)16)13(9-10)18-4-2/h7-9,11,14,17H,3-6H2,1-2H3. The maximum Gasteiger partial charge on any atom is 0.387 e. The van der Waals surface area contributed by atoms with Crippen molar-refractivity contribution in [3.05, 3.63) is 23.8 Å². The van der Waals surface area contributed by atoms with Gasteiger partial charge in [0, 0.05) is 0 Å². The van der Waals surface area contributed by atoms with E-state index in [1.54, 1.807) is 19.1 Å². The maximum atomic E-state index is 12.2. The zero-order valence-corrected chi connectivity index (χ0v) is 11.2. The molecule has 1 unspecified atom stereocenters. The molecule has 0 saturated heterocycles. The molecule has 1 N–H and O–H groups in total. The van der Waals surface area contributed by atoms with E-state index in [0.717, 1.165) is 12.8 Å². The predicted octanol–water partition coefficient (Wildman–Crippen LogP) is 3.91. The molecule has 1 rings (SSSR count). The Labute approximate surface area is 112 Å². The molecule has 0 amide bonds. The highest BCUT2D eigenvalue weighted by atomic mass is 19.3. The molecule has 0 fully saturated rings. The summed E-state index contributed by atoms with van der Waals surface area (Å²) < 4.78 is 34.1. The van der Waals surface area contributed by atoms with Gasteiger partial charge in [0.1, 0.15) is 0 Å². The normalized spacial score (nSPS) is 12.5. The van der Waals surface area contributed by atoms with Crippen LogP contribution in [0.1, 0.15) is 44.8 Å². The second kappa shape index (κ2) is 7.94. The van der Waals surface area contributed by atoms with Gasteiger partial charge in [0.15, 0.2) is 11.5 Å². The highest BCUT2D eigenvalue weighted by Crippen LogP contribution is 2.32. The van der Waals surface area contributed by atoms with E-state index in [4.69, 9.17) is 4.74 Å². The minimum absolute atomic E-state index is 0.0108. The highest BCUT2D eigenvalue weighted by molar-refractivity contribution is 5.43. The van der Waals surface area contributed by atoms with Gasteiger partial charge >= 0.3 is 6.61 Å². The summed E-state index contributed by atoms with van der Waals surface area (Å²) in [5.74, 6) is 0.221. The lowest BCUT2D eigenvalue weighted by atomic mass is 10.0.